The molecular weight excluding hydrogens is 135 g/mol. The number of rotatable bonds is 3. The van der Waals surface area contributed by atoms with Crippen LogP contribution in [0.4, 0.5) is 0 Å². The third-order valence-electron chi connectivity index (χ3n) is 0.974. The molecule has 0 saturated heterocycles. The Hall–Kier alpha value is -0.0700. The molecule has 0 rings (SSSR count). The van der Waals surface area contributed by atoms with E-state index >= 15 is 0 Å². The average molecular weight is 148 g/mol. The van der Waals surface area contributed by atoms with Crippen LogP contribution in [0, 0.1) is 0 Å². The highest BCUT2D eigenvalue weighted by molar-refractivity contribution is 7.61. The summed E-state index contributed by atoms with van der Waals surface area (Å²) in [6.07, 6.45) is 2.76. The Labute approximate surface area is 56.4 Å². The zero-order chi connectivity index (χ0) is 7.33. The average Bonchev–Trinajstić information content (AvgIpc) is 1.84. The summed E-state index contributed by atoms with van der Waals surface area (Å²) < 4.78 is 15.7. The Morgan fingerprint density at radius 3 is 2.56 bits per heavy atom. The Bertz CT molecular complexity index is 140. The fraction of sp³-hybridized carbons (Fsp3) is 0.667. The van der Waals surface area contributed by atoms with E-state index in [4.69, 9.17) is 4.52 Å². The molecule has 0 aromatic heterocycles. The van der Waals surface area contributed by atoms with Crippen LogP contribution in [0.15, 0.2) is 11.9 Å². The first-order valence-corrected chi connectivity index (χ1v) is 5.07. The fourth-order valence-corrected chi connectivity index (χ4v) is 1.07. The smallest absolute Gasteiger partial charge is 0.221 e. The van der Waals surface area contributed by atoms with Gasteiger partial charge in [-0.1, -0.05) is 13.0 Å². The molecule has 0 aromatic rings. The van der Waals surface area contributed by atoms with Crippen LogP contribution < -0.4 is 0 Å². The van der Waals surface area contributed by atoms with E-state index in [2.05, 4.69) is 0 Å². The second kappa shape index (κ2) is 3.86. The van der Waals surface area contributed by atoms with Gasteiger partial charge < -0.3 is 4.52 Å². The molecule has 0 aliphatic heterocycles. The lowest BCUT2D eigenvalue weighted by Gasteiger charge is -2.01. The van der Waals surface area contributed by atoms with Crippen molar-refractivity contribution >= 4 is 7.37 Å². The predicted molar refractivity (Wildman–Crippen MR) is 40.0 cm³/mol. The first-order valence-electron chi connectivity index (χ1n) is 2.93. The van der Waals surface area contributed by atoms with Gasteiger partial charge >= 0.3 is 0 Å². The monoisotopic (exact) mass is 148 g/mol. The first kappa shape index (κ1) is 8.93. The second-order valence-corrected chi connectivity index (χ2v) is 4.36. The van der Waals surface area contributed by atoms with E-state index < -0.39 is 7.37 Å². The number of hydrogen-bond donors (Lipinski definition) is 0. The van der Waals surface area contributed by atoms with Gasteiger partial charge in [0, 0.05) is 13.8 Å². The molecule has 1 unspecified atom stereocenters. The zero-order valence-corrected chi connectivity index (χ0v) is 7.02. The largest absolute Gasteiger partial charge is 0.329 e. The number of allylic oxidation sites excluding steroid dienone is 1. The highest BCUT2D eigenvalue weighted by Crippen LogP contribution is 2.42. The van der Waals surface area contributed by atoms with Gasteiger partial charge in [0.15, 0.2) is 0 Å². The Balaban J connectivity index is 3.86. The Kier molecular flexibility index (Phi) is 3.83. The third-order valence-corrected chi connectivity index (χ3v) is 2.45. The van der Waals surface area contributed by atoms with E-state index in [9.17, 15) is 4.57 Å². The molecular formula is C6H13O2P. The summed E-state index contributed by atoms with van der Waals surface area (Å²) in [7, 11) is -0.911. The van der Waals surface area contributed by atoms with Crippen LogP contribution in [0.3, 0.4) is 0 Å². The van der Waals surface area contributed by atoms with Gasteiger partial charge in [-0.2, -0.15) is 0 Å². The zero-order valence-electron chi connectivity index (χ0n) is 6.13. The lowest BCUT2D eigenvalue weighted by Crippen LogP contribution is -1.74. The molecule has 9 heavy (non-hydrogen) atoms. The topological polar surface area (TPSA) is 26.3 Å². The summed E-state index contributed by atoms with van der Waals surface area (Å²) in [6.45, 7) is 3.59. The molecule has 1 atom stereocenters. The third kappa shape index (κ3) is 4.43. The first-order chi connectivity index (χ1) is 4.12. The van der Waals surface area contributed by atoms with Crippen LogP contribution in [0.1, 0.15) is 13.3 Å². The molecule has 0 saturated carbocycles. The van der Waals surface area contributed by atoms with Crippen molar-refractivity contribution in [1.29, 1.82) is 0 Å². The van der Waals surface area contributed by atoms with E-state index in [1.807, 2.05) is 13.0 Å². The van der Waals surface area contributed by atoms with E-state index in [1.165, 1.54) is 7.11 Å². The molecule has 0 bridgehead atoms. The predicted octanol–water partition coefficient (Wildman–Crippen LogP) is 2.46. The molecule has 0 spiro atoms. The maximum absolute atomic E-state index is 11.0. The van der Waals surface area contributed by atoms with Crippen LogP contribution in [0.2, 0.25) is 0 Å². The Morgan fingerprint density at radius 2 is 2.22 bits per heavy atom. The van der Waals surface area contributed by atoms with E-state index in [0.717, 1.165) is 6.42 Å². The summed E-state index contributed by atoms with van der Waals surface area (Å²) in [5, 5.41) is 0. The van der Waals surface area contributed by atoms with Crippen LogP contribution in [0.5, 0.6) is 0 Å². The molecule has 3 heteroatoms. The maximum atomic E-state index is 11.0. The van der Waals surface area contributed by atoms with Gasteiger partial charge in [0.2, 0.25) is 7.37 Å². The summed E-state index contributed by atoms with van der Waals surface area (Å²) in [4.78, 5) is 0. The van der Waals surface area contributed by atoms with Gasteiger partial charge in [0.25, 0.3) is 0 Å². The minimum Gasteiger partial charge on any atom is -0.329 e. The van der Waals surface area contributed by atoms with Crippen molar-refractivity contribution in [3.8, 4) is 0 Å². The van der Waals surface area contributed by atoms with Crippen LogP contribution in [-0.4, -0.2) is 13.8 Å². The molecule has 2 nitrogen and oxygen atoms in total. The minimum atomic E-state index is -2.37. The van der Waals surface area contributed by atoms with Crippen molar-refractivity contribution in [2.75, 3.05) is 13.8 Å². The van der Waals surface area contributed by atoms with Crippen molar-refractivity contribution in [2.24, 2.45) is 0 Å². The molecule has 0 N–H and O–H groups in total. The lowest BCUT2D eigenvalue weighted by atomic mass is 10.5. The number of hydrogen-bond acceptors (Lipinski definition) is 2. The van der Waals surface area contributed by atoms with E-state index in [0.29, 0.717) is 0 Å². The van der Waals surface area contributed by atoms with Crippen LogP contribution in [0.25, 0.3) is 0 Å². The molecule has 54 valence electrons. The molecule has 0 aliphatic carbocycles. The van der Waals surface area contributed by atoms with Crippen molar-refractivity contribution in [3.05, 3.63) is 11.9 Å². The highest BCUT2D eigenvalue weighted by Gasteiger charge is 2.05. The van der Waals surface area contributed by atoms with Crippen LogP contribution in [-0.2, 0) is 9.09 Å². The molecule has 0 heterocycles. The van der Waals surface area contributed by atoms with Gasteiger partial charge in [-0.25, -0.2) is 0 Å². The maximum Gasteiger partial charge on any atom is 0.221 e. The quantitative estimate of drug-likeness (QED) is 0.574. The fourth-order valence-electron chi connectivity index (χ4n) is 0.358. The summed E-state index contributed by atoms with van der Waals surface area (Å²) in [5.41, 5.74) is 0. The van der Waals surface area contributed by atoms with Gasteiger partial charge in [-0.05, 0) is 12.2 Å². The molecule has 0 aromatic carbocycles. The van der Waals surface area contributed by atoms with Crippen molar-refractivity contribution in [1.82, 2.24) is 0 Å². The van der Waals surface area contributed by atoms with Crippen molar-refractivity contribution in [3.63, 3.8) is 0 Å². The summed E-state index contributed by atoms with van der Waals surface area (Å²) in [6, 6.07) is 0. The molecule has 0 fully saturated rings. The SMILES string of the molecule is CCC=CP(C)(=O)OC. The van der Waals surface area contributed by atoms with Crippen molar-refractivity contribution < 1.29 is 9.09 Å². The molecule has 0 amide bonds. The molecule has 0 radical (unpaired) electrons. The summed E-state index contributed by atoms with van der Waals surface area (Å²) in [5.74, 6) is 1.63. The van der Waals surface area contributed by atoms with Gasteiger partial charge in [-0.3, -0.25) is 4.57 Å². The van der Waals surface area contributed by atoms with Crippen molar-refractivity contribution in [2.45, 2.75) is 13.3 Å². The lowest BCUT2D eigenvalue weighted by molar-refractivity contribution is 0.407. The molecule has 0 aliphatic rings. The minimum absolute atomic E-state index is 0.904. The normalized spacial score (nSPS) is 18.1. The van der Waals surface area contributed by atoms with Crippen LogP contribution >= 0.6 is 7.37 Å². The second-order valence-electron chi connectivity index (χ2n) is 1.88. The standard InChI is InChI=1S/C6H13O2P/c1-4-5-6-9(3,7)8-2/h5-6H,4H2,1-3H3. The summed E-state index contributed by atoms with van der Waals surface area (Å²) >= 11 is 0. The highest BCUT2D eigenvalue weighted by atomic mass is 31.2. The van der Waals surface area contributed by atoms with Gasteiger partial charge in [-0.15, -0.1) is 0 Å². The Morgan fingerprint density at radius 1 is 1.67 bits per heavy atom. The van der Waals surface area contributed by atoms with E-state index in [1.54, 1.807) is 12.5 Å². The van der Waals surface area contributed by atoms with Gasteiger partial charge in [0.05, 0.1) is 0 Å². The van der Waals surface area contributed by atoms with E-state index in [-0.39, 0.29) is 0 Å². The van der Waals surface area contributed by atoms with Gasteiger partial charge in [0.1, 0.15) is 0 Å².